The van der Waals surface area contributed by atoms with Crippen LogP contribution in [0.2, 0.25) is 0 Å². The van der Waals surface area contributed by atoms with Crippen molar-refractivity contribution in [3.63, 3.8) is 0 Å². The van der Waals surface area contributed by atoms with E-state index in [1.807, 2.05) is 13.8 Å². The van der Waals surface area contributed by atoms with Crippen molar-refractivity contribution < 1.29 is 8.94 Å². The minimum absolute atomic E-state index is 0.182. The lowest BCUT2D eigenvalue weighted by atomic mass is 10.1. The topological polar surface area (TPSA) is 78.1 Å². The van der Waals surface area contributed by atoms with Crippen LogP contribution in [0.15, 0.2) is 27.3 Å². The second-order valence-electron chi connectivity index (χ2n) is 4.47. The van der Waals surface area contributed by atoms with E-state index in [-0.39, 0.29) is 5.54 Å². The van der Waals surface area contributed by atoms with Gasteiger partial charge in [-0.25, -0.2) is 0 Å². The molecule has 2 N–H and O–H groups in total. The molecule has 2 rings (SSSR count). The Bertz CT molecular complexity index is 459. The first-order chi connectivity index (χ1) is 8.04. The summed E-state index contributed by atoms with van der Waals surface area (Å²) in [4.78, 5) is 4.24. The number of aromatic nitrogens is 2. The van der Waals surface area contributed by atoms with Crippen LogP contribution in [0.5, 0.6) is 0 Å². The van der Waals surface area contributed by atoms with Gasteiger partial charge in [0.05, 0.1) is 12.0 Å². The largest absolute Gasteiger partial charge is 0.459 e. The summed E-state index contributed by atoms with van der Waals surface area (Å²) in [5, 5.41) is 3.88. The Balaban J connectivity index is 1.91. The highest BCUT2D eigenvalue weighted by atomic mass is 32.2. The van der Waals surface area contributed by atoms with Crippen molar-refractivity contribution >= 4 is 11.8 Å². The van der Waals surface area contributed by atoms with Crippen molar-refractivity contribution in [1.82, 2.24) is 10.1 Å². The third-order valence-corrected chi connectivity index (χ3v) is 3.32. The Kier molecular flexibility index (Phi) is 3.54. The normalized spacial score (nSPS) is 11.9. The number of hydrogen-bond acceptors (Lipinski definition) is 6. The zero-order valence-electron chi connectivity index (χ0n) is 9.84. The summed E-state index contributed by atoms with van der Waals surface area (Å²) in [5.41, 5.74) is 5.70. The van der Waals surface area contributed by atoms with E-state index in [9.17, 15) is 0 Å². The third kappa shape index (κ3) is 3.61. The fraction of sp³-hybridized carbons (Fsp3) is 0.455. The second-order valence-corrected chi connectivity index (χ2v) is 5.46. The summed E-state index contributed by atoms with van der Waals surface area (Å²) in [6, 6.07) is 3.57. The van der Waals surface area contributed by atoms with Crippen LogP contribution in [0, 0.1) is 0 Å². The fourth-order valence-electron chi connectivity index (χ4n) is 1.22. The number of hydrogen-bond donors (Lipinski definition) is 1. The lowest BCUT2D eigenvalue weighted by Crippen LogP contribution is -2.34. The van der Waals surface area contributed by atoms with Gasteiger partial charge < -0.3 is 14.7 Å². The van der Waals surface area contributed by atoms with E-state index < -0.39 is 0 Å². The molecule has 0 unspecified atom stereocenters. The first-order valence-corrected chi connectivity index (χ1v) is 6.43. The smallest absolute Gasteiger partial charge is 0.293 e. The van der Waals surface area contributed by atoms with Gasteiger partial charge in [0.25, 0.3) is 5.89 Å². The zero-order chi connectivity index (χ0) is 12.3. The molecule has 0 amide bonds. The molecule has 0 aliphatic heterocycles. The highest BCUT2D eigenvalue weighted by molar-refractivity contribution is 7.98. The van der Waals surface area contributed by atoms with E-state index in [1.165, 1.54) is 0 Å². The van der Waals surface area contributed by atoms with Gasteiger partial charge in [0.2, 0.25) is 0 Å². The van der Waals surface area contributed by atoms with Crippen LogP contribution in [-0.2, 0) is 5.75 Å². The molecule has 0 saturated heterocycles. The molecule has 0 aliphatic carbocycles. The molecule has 17 heavy (non-hydrogen) atoms. The molecule has 0 aliphatic rings. The molecule has 2 aromatic rings. The van der Waals surface area contributed by atoms with Gasteiger partial charge in [-0.05, 0) is 26.0 Å². The molecular formula is C11H15N3O2S. The molecule has 0 spiro atoms. The lowest BCUT2D eigenvalue weighted by molar-refractivity contribution is 0.411. The molecule has 6 heteroatoms. The van der Waals surface area contributed by atoms with E-state index in [2.05, 4.69) is 10.1 Å². The summed E-state index contributed by atoms with van der Waals surface area (Å²) in [6.07, 6.45) is 1.57. The molecule has 5 nitrogen and oxygen atoms in total. The number of rotatable bonds is 5. The van der Waals surface area contributed by atoms with Gasteiger partial charge in [-0.3, -0.25) is 0 Å². The quantitative estimate of drug-likeness (QED) is 0.880. The molecule has 2 aromatic heterocycles. The third-order valence-electron chi connectivity index (χ3n) is 1.91. The van der Waals surface area contributed by atoms with Gasteiger partial charge in [-0.2, -0.15) is 16.7 Å². The molecule has 0 radical (unpaired) electrons. The zero-order valence-corrected chi connectivity index (χ0v) is 10.7. The summed E-state index contributed by atoms with van der Waals surface area (Å²) >= 11 is 1.68. The van der Waals surface area contributed by atoms with Crippen molar-refractivity contribution in [3.8, 4) is 11.7 Å². The van der Waals surface area contributed by atoms with Gasteiger partial charge in [-0.1, -0.05) is 5.16 Å². The Morgan fingerprint density at radius 1 is 1.47 bits per heavy atom. The molecule has 92 valence electrons. The molecule has 0 atom stereocenters. The van der Waals surface area contributed by atoms with Crippen molar-refractivity contribution in [1.29, 1.82) is 0 Å². The summed E-state index contributed by atoms with van der Waals surface area (Å²) < 4.78 is 10.3. The van der Waals surface area contributed by atoms with E-state index >= 15 is 0 Å². The highest BCUT2D eigenvalue weighted by Crippen LogP contribution is 2.20. The molecule has 0 fully saturated rings. The van der Waals surface area contributed by atoms with Gasteiger partial charge in [0.1, 0.15) is 0 Å². The first-order valence-electron chi connectivity index (χ1n) is 5.28. The van der Waals surface area contributed by atoms with Crippen molar-refractivity contribution in [2.24, 2.45) is 5.73 Å². The number of nitrogens with two attached hydrogens (primary N) is 1. The van der Waals surface area contributed by atoms with Crippen LogP contribution in [0.25, 0.3) is 11.7 Å². The number of thioether (sulfide) groups is 1. The minimum Gasteiger partial charge on any atom is -0.459 e. The molecule has 0 aromatic carbocycles. The average molecular weight is 253 g/mol. The summed E-state index contributed by atoms with van der Waals surface area (Å²) in [5.74, 6) is 3.19. The van der Waals surface area contributed by atoms with Gasteiger partial charge >= 0.3 is 0 Å². The number of furan rings is 1. The maximum atomic E-state index is 5.88. The molecule has 2 heterocycles. The Labute approximate surface area is 104 Å². The van der Waals surface area contributed by atoms with Crippen molar-refractivity contribution in [3.05, 3.63) is 24.2 Å². The SMILES string of the molecule is CC(C)(N)CSCc1noc(-c2ccco2)n1. The van der Waals surface area contributed by atoms with Crippen LogP contribution >= 0.6 is 11.8 Å². The molecule has 0 saturated carbocycles. The summed E-state index contributed by atoms with van der Waals surface area (Å²) in [6.45, 7) is 3.98. The van der Waals surface area contributed by atoms with Gasteiger partial charge in [0.15, 0.2) is 11.6 Å². The highest BCUT2D eigenvalue weighted by Gasteiger charge is 2.13. The maximum Gasteiger partial charge on any atom is 0.293 e. The predicted octanol–water partition coefficient (Wildman–Crippen LogP) is 2.30. The van der Waals surface area contributed by atoms with Crippen LogP contribution < -0.4 is 5.73 Å². The van der Waals surface area contributed by atoms with E-state index in [0.29, 0.717) is 23.2 Å². The van der Waals surface area contributed by atoms with Crippen LogP contribution in [-0.4, -0.2) is 21.4 Å². The predicted molar refractivity (Wildman–Crippen MR) is 66.4 cm³/mol. The van der Waals surface area contributed by atoms with E-state index in [1.54, 1.807) is 30.2 Å². The first kappa shape index (κ1) is 12.2. The Morgan fingerprint density at radius 2 is 2.29 bits per heavy atom. The number of nitrogens with zero attached hydrogens (tertiary/aromatic N) is 2. The average Bonchev–Trinajstić information content (AvgIpc) is 2.83. The second kappa shape index (κ2) is 4.93. The van der Waals surface area contributed by atoms with Crippen molar-refractivity contribution in [2.75, 3.05) is 5.75 Å². The molecule has 0 bridgehead atoms. The van der Waals surface area contributed by atoms with Gasteiger partial charge in [-0.15, -0.1) is 0 Å². The van der Waals surface area contributed by atoms with E-state index in [4.69, 9.17) is 14.7 Å². The van der Waals surface area contributed by atoms with E-state index in [0.717, 1.165) is 5.75 Å². The van der Waals surface area contributed by atoms with Crippen molar-refractivity contribution in [2.45, 2.75) is 25.1 Å². The summed E-state index contributed by atoms with van der Waals surface area (Å²) in [7, 11) is 0. The lowest BCUT2D eigenvalue weighted by Gasteiger charge is -2.16. The Morgan fingerprint density at radius 3 is 2.94 bits per heavy atom. The molecular weight excluding hydrogens is 238 g/mol. The Hall–Kier alpha value is -1.27. The minimum atomic E-state index is -0.182. The van der Waals surface area contributed by atoms with Crippen LogP contribution in [0.1, 0.15) is 19.7 Å². The maximum absolute atomic E-state index is 5.88. The van der Waals surface area contributed by atoms with Crippen LogP contribution in [0.4, 0.5) is 0 Å². The fourth-order valence-corrected chi connectivity index (χ4v) is 2.15. The van der Waals surface area contributed by atoms with Gasteiger partial charge in [0, 0.05) is 11.3 Å². The standard InChI is InChI=1S/C11H15N3O2S/c1-11(2,12)7-17-6-9-13-10(16-14-9)8-4-3-5-15-8/h3-5H,6-7,12H2,1-2H3. The van der Waals surface area contributed by atoms with Crippen LogP contribution in [0.3, 0.4) is 0 Å². The monoisotopic (exact) mass is 253 g/mol.